The Hall–Kier alpha value is -4.65. The molecule has 0 aliphatic carbocycles. The number of benzene rings is 3. The Kier molecular flexibility index (Phi) is 6.12. The number of rotatable bonds is 6. The maximum absolute atomic E-state index is 13.6. The van der Waals surface area contributed by atoms with Crippen LogP contribution in [-0.2, 0) is 13.6 Å². The molecule has 0 saturated heterocycles. The minimum atomic E-state index is -0.379. The van der Waals surface area contributed by atoms with Crippen molar-refractivity contribution in [1.82, 2.24) is 19.1 Å². The normalized spacial score (nSPS) is 11.0. The first-order chi connectivity index (χ1) is 17.4. The summed E-state index contributed by atoms with van der Waals surface area (Å²) in [5.41, 5.74) is 5.35. The van der Waals surface area contributed by atoms with Crippen LogP contribution >= 0.6 is 0 Å². The summed E-state index contributed by atoms with van der Waals surface area (Å²) in [5.74, 6) is -0.379. The zero-order chi connectivity index (χ0) is 25.2. The Morgan fingerprint density at radius 2 is 1.53 bits per heavy atom. The molecule has 36 heavy (non-hydrogen) atoms. The molecule has 0 aliphatic heterocycles. The fourth-order valence-electron chi connectivity index (χ4n) is 4.26. The molecule has 7 heteroatoms. The quantitative estimate of drug-likeness (QED) is 0.376. The third-order valence-electron chi connectivity index (χ3n) is 6.31. The molecular formula is C29H27N5O2. The highest BCUT2D eigenvalue weighted by Crippen LogP contribution is 2.25. The first-order valence-corrected chi connectivity index (χ1v) is 11.8. The van der Waals surface area contributed by atoms with Gasteiger partial charge < -0.3 is 5.32 Å². The van der Waals surface area contributed by atoms with E-state index in [4.69, 9.17) is 5.10 Å². The van der Waals surface area contributed by atoms with Crippen LogP contribution < -0.4 is 10.9 Å². The van der Waals surface area contributed by atoms with Gasteiger partial charge in [0.25, 0.3) is 11.5 Å². The van der Waals surface area contributed by atoms with E-state index in [-0.39, 0.29) is 17.2 Å². The zero-order valence-electron chi connectivity index (χ0n) is 20.5. The molecule has 2 aromatic heterocycles. The number of hydrogen-bond donors (Lipinski definition) is 1. The number of carbonyl (C=O) groups is 1. The number of aryl methyl sites for hydroxylation is 1. The minimum absolute atomic E-state index is 0.247. The number of nitrogens with one attached hydrogen (secondary N) is 1. The summed E-state index contributed by atoms with van der Waals surface area (Å²) in [4.78, 5) is 26.9. The number of para-hydroxylation sites is 1. The van der Waals surface area contributed by atoms with Gasteiger partial charge in [0.1, 0.15) is 11.4 Å². The van der Waals surface area contributed by atoms with Crippen LogP contribution in [0.25, 0.3) is 16.9 Å². The van der Waals surface area contributed by atoms with Crippen molar-refractivity contribution >= 4 is 11.6 Å². The van der Waals surface area contributed by atoms with E-state index in [1.807, 2.05) is 98.8 Å². The van der Waals surface area contributed by atoms with Gasteiger partial charge in [-0.15, -0.1) is 0 Å². The molecule has 0 bridgehead atoms. The highest BCUT2D eigenvalue weighted by Gasteiger charge is 2.23. The maximum atomic E-state index is 13.6. The SMILES string of the molecule is Cc1ccc(-c2nn(Cc3ccccc3)cc2C(=O)Nc2c(C)n(C)n(-c3ccccc3)c2=O)cc1. The van der Waals surface area contributed by atoms with Crippen molar-refractivity contribution in [3.05, 3.63) is 124 Å². The van der Waals surface area contributed by atoms with E-state index in [2.05, 4.69) is 5.32 Å². The summed E-state index contributed by atoms with van der Waals surface area (Å²) in [6.07, 6.45) is 1.74. The molecule has 0 unspecified atom stereocenters. The molecule has 3 aromatic carbocycles. The lowest BCUT2D eigenvalue weighted by molar-refractivity contribution is 0.102. The Balaban J connectivity index is 1.53. The van der Waals surface area contributed by atoms with Gasteiger partial charge in [-0.1, -0.05) is 78.4 Å². The van der Waals surface area contributed by atoms with Crippen molar-refractivity contribution in [1.29, 1.82) is 0 Å². The van der Waals surface area contributed by atoms with E-state index in [1.54, 1.807) is 27.3 Å². The Morgan fingerprint density at radius 1 is 0.889 bits per heavy atom. The molecule has 5 rings (SSSR count). The molecule has 5 aromatic rings. The van der Waals surface area contributed by atoms with Crippen LogP contribution in [0.2, 0.25) is 0 Å². The zero-order valence-corrected chi connectivity index (χ0v) is 20.5. The highest BCUT2D eigenvalue weighted by molar-refractivity contribution is 6.08. The van der Waals surface area contributed by atoms with Crippen molar-refractivity contribution in [2.24, 2.45) is 7.05 Å². The lowest BCUT2D eigenvalue weighted by Crippen LogP contribution is -2.23. The van der Waals surface area contributed by atoms with E-state index in [1.165, 1.54) is 0 Å². The lowest BCUT2D eigenvalue weighted by Gasteiger charge is -2.07. The molecular weight excluding hydrogens is 450 g/mol. The fourth-order valence-corrected chi connectivity index (χ4v) is 4.26. The van der Waals surface area contributed by atoms with Gasteiger partial charge in [-0.25, -0.2) is 4.68 Å². The number of anilines is 1. The van der Waals surface area contributed by atoms with Crippen LogP contribution in [0.4, 0.5) is 5.69 Å². The average molecular weight is 478 g/mol. The van der Waals surface area contributed by atoms with Gasteiger partial charge in [-0.05, 0) is 31.5 Å². The second-order valence-corrected chi connectivity index (χ2v) is 8.83. The molecule has 0 spiro atoms. The van der Waals surface area contributed by atoms with Crippen molar-refractivity contribution in [3.63, 3.8) is 0 Å². The monoisotopic (exact) mass is 477 g/mol. The molecule has 0 fully saturated rings. The smallest absolute Gasteiger partial charge is 0.295 e. The van der Waals surface area contributed by atoms with Crippen LogP contribution in [0, 0.1) is 13.8 Å². The van der Waals surface area contributed by atoms with Crippen molar-refractivity contribution in [3.8, 4) is 16.9 Å². The van der Waals surface area contributed by atoms with E-state index in [0.717, 1.165) is 22.4 Å². The van der Waals surface area contributed by atoms with Gasteiger partial charge in [-0.2, -0.15) is 5.10 Å². The second-order valence-electron chi connectivity index (χ2n) is 8.83. The molecule has 7 nitrogen and oxygen atoms in total. The Labute approximate surface area is 209 Å². The number of amides is 1. The van der Waals surface area contributed by atoms with Crippen LogP contribution in [0.1, 0.15) is 27.2 Å². The predicted molar refractivity (Wildman–Crippen MR) is 142 cm³/mol. The van der Waals surface area contributed by atoms with Gasteiger partial charge in [0, 0.05) is 18.8 Å². The molecule has 0 atom stereocenters. The summed E-state index contributed by atoms with van der Waals surface area (Å²) in [7, 11) is 1.80. The number of aromatic nitrogens is 4. The molecule has 1 amide bonds. The van der Waals surface area contributed by atoms with Gasteiger partial charge in [-0.3, -0.25) is 19.0 Å². The van der Waals surface area contributed by atoms with E-state index >= 15 is 0 Å². The number of hydrogen-bond acceptors (Lipinski definition) is 3. The van der Waals surface area contributed by atoms with Crippen LogP contribution in [-0.4, -0.2) is 25.1 Å². The molecule has 180 valence electrons. The van der Waals surface area contributed by atoms with Gasteiger partial charge in [0.15, 0.2) is 0 Å². The van der Waals surface area contributed by atoms with Gasteiger partial charge in [0.2, 0.25) is 0 Å². The summed E-state index contributed by atoms with van der Waals surface area (Å²) < 4.78 is 5.05. The fraction of sp³-hybridized carbons (Fsp3) is 0.138. The predicted octanol–water partition coefficient (Wildman–Crippen LogP) is 4.96. The molecule has 2 heterocycles. The topological polar surface area (TPSA) is 73.8 Å². The van der Waals surface area contributed by atoms with E-state index in [9.17, 15) is 9.59 Å². The molecule has 1 N–H and O–H groups in total. The average Bonchev–Trinajstić information content (AvgIpc) is 3.40. The Bertz CT molecular complexity index is 1580. The summed E-state index contributed by atoms with van der Waals surface area (Å²) >= 11 is 0. The second kappa shape index (κ2) is 9.54. The van der Waals surface area contributed by atoms with E-state index in [0.29, 0.717) is 23.5 Å². The largest absolute Gasteiger partial charge is 0.316 e. The van der Waals surface area contributed by atoms with Crippen molar-refractivity contribution in [2.75, 3.05) is 5.32 Å². The molecule has 0 saturated carbocycles. The summed E-state index contributed by atoms with van der Waals surface area (Å²) in [5, 5.41) is 7.63. The Morgan fingerprint density at radius 3 is 2.19 bits per heavy atom. The minimum Gasteiger partial charge on any atom is -0.316 e. The first-order valence-electron chi connectivity index (χ1n) is 11.8. The number of nitrogens with zero attached hydrogens (tertiary/aromatic N) is 4. The van der Waals surface area contributed by atoms with Crippen molar-refractivity contribution < 1.29 is 4.79 Å². The third kappa shape index (κ3) is 4.38. The van der Waals surface area contributed by atoms with Crippen molar-refractivity contribution in [2.45, 2.75) is 20.4 Å². The van der Waals surface area contributed by atoms with Crippen LogP contribution in [0.5, 0.6) is 0 Å². The summed E-state index contributed by atoms with van der Waals surface area (Å²) in [6.45, 7) is 4.36. The lowest BCUT2D eigenvalue weighted by atomic mass is 10.1. The molecule has 0 aliphatic rings. The summed E-state index contributed by atoms with van der Waals surface area (Å²) in [6, 6.07) is 27.2. The highest BCUT2D eigenvalue weighted by atomic mass is 16.2. The van der Waals surface area contributed by atoms with Crippen LogP contribution in [0.15, 0.2) is 95.9 Å². The van der Waals surface area contributed by atoms with E-state index < -0.39 is 0 Å². The van der Waals surface area contributed by atoms with Gasteiger partial charge >= 0.3 is 0 Å². The first kappa shape index (κ1) is 23.1. The molecule has 0 radical (unpaired) electrons. The van der Waals surface area contributed by atoms with Gasteiger partial charge in [0.05, 0.1) is 23.5 Å². The van der Waals surface area contributed by atoms with Crippen LogP contribution in [0.3, 0.4) is 0 Å². The third-order valence-corrected chi connectivity index (χ3v) is 6.31. The standard InChI is InChI=1S/C29H27N5O2/c1-20-14-16-23(17-15-20)27-25(19-33(31-27)18-22-10-6-4-7-11-22)28(35)30-26-21(2)32(3)34(29(26)36)24-12-8-5-9-13-24/h4-17,19H,18H2,1-3H3,(H,30,35). The number of carbonyl (C=O) groups excluding carboxylic acids is 1. The maximum Gasteiger partial charge on any atom is 0.295 e.